The number of pyridine rings is 1. The molecule has 3 nitrogen and oxygen atoms in total. The molecule has 0 saturated heterocycles. The molecule has 1 aromatic carbocycles. The van der Waals surface area contributed by atoms with Crippen molar-refractivity contribution in [2.24, 2.45) is 5.73 Å². The summed E-state index contributed by atoms with van der Waals surface area (Å²) in [6.07, 6.45) is 1.05. The Hall–Kier alpha value is -1.87. The second kappa shape index (κ2) is 5.63. The molecular weight excluding hydrogens is 246 g/mol. The molecule has 1 atom stereocenters. The number of anilines is 1. The second-order valence-corrected chi connectivity index (χ2v) is 5.48. The maximum Gasteiger partial charge on any atom is 0.0602 e. The van der Waals surface area contributed by atoms with Gasteiger partial charge >= 0.3 is 0 Å². The van der Waals surface area contributed by atoms with Crippen molar-refractivity contribution in [1.82, 2.24) is 4.98 Å². The minimum atomic E-state index is 0.556. The Morgan fingerprint density at radius 3 is 2.85 bits per heavy atom. The Balaban J connectivity index is 1.85. The fraction of sp³-hybridized carbons (Fsp3) is 0.353. The average molecular weight is 267 g/mol. The minimum absolute atomic E-state index is 0.556. The van der Waals surface area contributed by atoms with Crippen LogP contribution < -0.4 is 10.6 Å². The van der Waals surface area contributed by atoms with Crippen molar-refractivity contribution in [2.45, 2.75) is 25.8 Å². The number of rotatable bonds is 4. The number of aryl methyl sites for hydroxylation is 1. The summed E-state index contributed by atoms with van der Waals surface area (Å²) in [4.78, 5) is 7.04. The van der Waals surface area contributed by atoms with Gasteiger partial charge in [0.25, 0.3) is 0 Å². The molecule has 0 saturated carbocycles. The van der Waals surface area contributed by atoms with Crippen LogP contribution in [-0.2, 0) is 6.54 Å². The van der Waals surface area contributed by atoms with Gasteiger partial charge in [-0.25, -0.2) is 0 Å². The van der Waals surface area contributed by atoms with Gasteiger partial charge in [0.05, 0.1) is 12.2 Å². The van der Waals surface area contributed by atoms with Gasteiger partial charge in [-0.2, -0.15) is 0 Å². The van der Waals surface area contributed by atoms with E-state index in [0.29, 0.717) is 5.92 Å². The lowest BCUT2D eigenvalue weighted by Gasteiger charge is -2.19. The molecule has 20 heavy (non-hydrogen) atoms. The fourth-order valence-electron chi connectivity index (χ4n) is 3.06. The molecule has 0 aliphatic carbocycles. The molecule has 1 aliphatic rings. The summed E-state index contributed by atoms with van der Waals surface area (Å²) in [5.41, 5.74) is 10.7. The number of aromatic nitrogens is 1. The van der Waals surface area contributed by atoms with Crippen LogP contribution in [0.3, 0.4) is 0 Å². The van der Waals surface area contributed by atoms with Gasteiger partial charge < -0.3 is 10.6 Å². The number of hydrogen-bond acceptors (Lipinski definition) is 3. The first-order valence-corrected chi connectivity index (χ1v) is 7.24. The van der Waals surface area contributed by atoms with Crippen LogP contribution in [0.4, 0.5) is 5.69 Å². The monoisotopic (exact) mass is 267 g/mol. The second-order valence-electron chi connectivity index (χ2n) is 5.48. The lowest BCUT2D eigenvalue weighted by atomic mass is 9.98. The number of nitrogens with two attached hydrogens (primary N) is 1. The number of hydrogen-bond donors (Lipinski definition) is 1. The highest BCUT2D eigenvalue weighted by molar-refractivity contribution is 5.60. The summed E-state index contributed by atoms with van der Waals surface area (Å²) in [5.74, 6) is 0.556. The molecule has 1 aromatic heterocycles. The molecule has 0 amide bonds. The zero-order valence-electron chi connectivity index (χ0n) is 11.9. The Bertz CT molecular complexity index is 594. The fourth-order valence-corrected chi connectivity index (χ4v) is 3.06. The Labute approximate surface area is 120 Å². The summed E-state index contributed by atoms with van der Waals surface area (Å²) in [5, 5.41) is 0. The van der Waals surface area contributed by atoms with Crippen LogP contribution in [0.1, 0.15) is 29.3 Å². The van der Waals surface area contributed by atoms with Gasteiger partial charge in [-0.3, -0.25) is 4.98 Å². The molecule has 2 N–H and O–H groups in total. The van der Waals surface area contributed by atoms with Crippen molar-refractivity contribution in [2.75, 3.05) is 18.0 Å². The first-order valence-electron chi connectivity index (χ1n) is 7.24. The topological polar surface area (TPSA) is 42.1 Å². The predicted octanol–water partition coefficient (Wildman–Crippen LogP) is 2.84. The van der Waals surface area contributed by atoms with E-state index in [-0.39, 0.29) is 0 Å². The zero-order valence-corrected chi connectivity index (χ0v) is 11.9. The van der Waals surface area contributed by atoms with E-state index in [2.05, 4.69) is 46.3 Å². The Morgan fingerprint density at radius 1 is 1.20 bits per heavy atom. The van der Waals surface area contributed by atoms with Gasteiger partial charge in [0.2, 0.25) is 0 Å². The van der Waals surface area contributed by atoms with Gasteiger partial charge in [-0.15, -0.1) is 0 Å². The number of para-hydroxylation sites is 1. The third kappa shape index (κ3) is 2.54. The van der Waals surface area contributed by atoms with E-state index in [9.17, 15) is 0 Å². The largest absolute Gasteiger partial charge is 0.365 e. The molecule has 3 rings (SSSR count). The molecular formula is C17H21N3. The molecule has 0 radical (unpaired) electrons. The summed E-state index contributed by atoms with van der Waals surface area (Å²) < 4.78 is 0. The summed E-state index contributed by atoms with van der Waals surface area (Å²) in [7, 11) is 0. The normalized spacial score (nSPS) is 17.3. The summed E-state index contributed by atoms with van der Waals surface area (Å²) >= 11 is 0. The van der Waals surface area contributed by atoms with E-state index >= 15 is 0 Å². The van der Waals surface area contributed by atoms with Crippen LogP contribution in [0.5, 0.6) is 0 Å². The quantitative estimate of drug-likeness (QED) is 0.926. The SMILES string of the molecule is Cc1cccc(CN2CC(CCN)c3ccccc32)n1. The number of fused-ring (bicyclic) bond motifs is 1. The van der Waals surface area contributed by atoms with Crippen LogP contribution in [-0.4, -0.2) is 18.1 Å². The molecule has 2 heterocycles. The number of benzene rings is 1. The van der Waals surface area contributed by atoms with Crippen molar-refractivity contribution in [1.29, 1.82) is 0 Å². The first kappa shape index (κ1) is 13.1. The average Bonchev–Trinajstić information content (AvgIpc) is 2.78. The molecule has 0 bridgehead atoms. The van der Waals surface area contributed by atoms with Crippen molar-refractivity contribution in [3.8, 4) is 0 Å². The van der Waals surface area contributed by atoms with Gasteiger partial charge in [0, 0.05) is 23.8 Å². The Morgan fingerprint density at radius 2 is 2.05 bits per heavy atom. The highest BCUT2D eigenvalue weighted by Gasteiger charge is 2.27. The van der Waals surface area contributed by atoms with Crippen molar-refractivity contribution in [3.63, 3.8) is 0 Å². The molecule has 1 unspecified atom stereocenters. The molecule has 1 aliphatic heterocycles. The highest BCUT2D eigenvalue weighted by atomic mass is 15.2. The van der Waals surface area contributed by atoms with Crippen molar-refractivity contribution >= 4 is 5.69 Å². The maximum absolute atomic E-state index is 5.75. The summed E-state index contributed by atoms with van der Waals surface area (Å²) in [6.45, 7) is 4.71. The lowest BCUT2D eigenvalue weighted by molar-refractivity contribution is 0.641. The maximum atomic E-state index is 5.75. The predicted molar refractivity (Wildman–Crippen MR) is 82.9 cm³/mol. The zero-order chi connectivity index (χ0) is 13.9. The van der Waals surface area contributed by atoms with E-state index in [0.717, 1.165) is 37.4 Å². The van der Waals surface area contributed by atoms with E-state index in [4.69, 9.17) is 5.73 Å². The van der Waals surface area contributed by atoms with Gasteiger partial charge in [0.15, 0.2) is 0 Å². The smallest absolute Gasteiger partial charge is 0.0602 e. The van der Waals surface area contributed by atoms with Crippen molar-refractivity contribution in [3.05, 3.63) is 59.4 Å². The van der Waals surface area contributed by atoms with Gasteiger partial charge in [-0.05, 0) is 43.7 Å². The van der Waals surface area contributed by atoms with E-state index in [1.807, 2.05) is 13.0 Å². The molecule has 3 heteroatoms. The molecule has 0 fully saturated rings. The van der Waals surface area contributed by atoms with E-state index in [1.54, 1.807) is 0 Å². The van der Waals surface area contributed by atoms with E-state index in [1.165, 1.54) is 11.3 Å². The van der Waals surface area contributed by atoms with Crippen LogP contribution in [0.2, 0.25) is 0 Å². The van der Waals surface area contributed by atoms with Crippen molar-refractivity contribution < 1.29 is 0 Å². The van der Waals surface area contributed by atoms with Gasteiger partial charge in [0.1, 0.15) is 0 Å². The standard InChI is InChI=1S/C17H21N3/c1-13-5-4-6-15(19-13)12-20-11-14(9-10-18)16-7-2-3-8-17(16)20/h2-8,14H,9-12,18H2,1H3. The van der Waals surface area contributed by atoms with Crippen LogP contribution in [0.25, 0.3) is 0 Å². The third-order valence-corrected chi connectivity index (χ3v) is 3.97. The molecule has 104 valence electrons. The highest BCUT2D eigenvalue weighted by Crippen LogP contribution is 2.38. The Kier molecular flexibility index (Phi) is 3.70. The van der Waals surface area contributed by atoms with Crippen LogP contribution >= 0.6 is 0 Å². The molecule has 0 spiro atoms. The third-order valence-electron chi connectivity index (χ3n) is 3.97. The summed E-state index contributed by atoms with van der Waals surface area (Å²) in [6, 6.07) is 14.9. The van der Waals surface area contributed by atoms with E-state index < -0.39 is 0 Å². The lowest BCUT2D eigenvalue weighted by Crippen LogP contribution is -2.22. The minimum Gasteiger partial charge on any atom is -0.365 e. The van der Waals surface area contributed by atoms with Gasteiger partial charge in [-0.1, -0.05) is 24.3 Å². The number of nitrogens with zero attached hydrogens (tertiary/aromatic N) is 2. The molecule has 2 aromatic rings. The van der Waals surface area contributed by atoms with Crippen LogP contribution in [0.15, 0.2) is 42.5 Å². The van der Waals surface area contributed by atoms with Crippen LogP contribution in [0, 0.1) is 6.92 Å². The first-order chi connectivity index (χ1) is 9.78.